The van der Waals surface area contributed by atoms with Crippen LogP contribution in [0.2, 0.25) is 5.02 Å². The van der Waals surface area contributed by atoms with Gasteiger partial charge in [-0.05, 0) is 72.3 Å². The number of nitrogens with zero attached hydrogens (tertiary/aromatic N) is 1. The van der Waals surface area contributed by atoms with E-state index in [1.807, 2.05) is 6.07 Å². The van der Waals surface area contributed by atoms with Crippen molar-refractivity contribution in [1.29, 1.82) is 0 Å². The van der Waals surface area contributed by atoms with Crippen molar-refractivity contribution in [2.75, 3.05) is 0 Å². The second-order valence-corrected chi connectivity index (χ2v) is 7.03. The van der Waals surface area contributed by atoms with Crippen molar-refractivity contribution in [2.45, 2.75) is 0 Å². The predicted molar refractivity (Wildman–Crippen MR) is 112 cm³/mol. The van der Waals surface area contributed by atoms with Crippen LogP contribution in [0.5, 0.6) is 5.75 Å². The number of carbonyl (C=O) groups is 2. The van der Waals surface area contributed by atoms with Crippen LogP contribution in [0.3, 0.4) is 0 Å². The number of rotatable bonds is 5. The standard InChI is InChI=1S/C21H14BrClN2O3/c22-17-3-1-2-16(12-17)21(27)28-19-10-4-14(5-11-19)13-24-25-20(26)15-6-8-18(23)9-7-15/h1-13H,(H,25,26)/b24-13+. The maximum Gasteiger partial charge on any atom is 0.343 e. The summed E-state index contributed by atoms with van der Waals surface area (Å²) in [4.78, 5) is 24.1. The molecule has 0 fully saturated rings. The van der Waals surface area contributed by atoms with Crippen LogP contribution in [0, 0.1) is 0 Å². The van der Waals surface area contributed by atoms with Crippen molar-refractivity contribution in [3.8, 4) is 5.75 Å². The normalized spacial score (nSPS) is 10.6. The van der Waals surface area contributed by atoms with Crippen molar-refractivity contribution in [1.82, 2.24) is 5.43 Å². The number of nitrogens with one attached hydrogen (secondary N) is 1. The van der Waals surface area contributed by atoms with E-state index in [-0.39, 0.29) is 5.91 Å². The largest absolute Gasteiger partial charge is 0.423 e. The van der Waals surface area contributed by atoms with Crippen LogP contribution < -0.4 is 10.2 Å². The SMILES string of the molecule is O=C(N/N=C/c1ccc(OC(=O)c2cccc(Br)c2)cc1)c1ccc(Cl)cc1. The summed E-state index contributed by atoms with van der Waals surface area (Å²) in [7, 11) is 0. The Labute approximate surface area is 175 Å². The van der Waals surface area contributed by atoms with Gasteiger partial charge in [-0.25, -0.2) is 10.2 Å². The summed E-state index contributed by atoms with van der Waals surface area (Å²) in [5, 5.41) is 4.47. The van der Waals surface area contributed by atoms with Crippen LogP contribution in [-0.2, 0) is 0 Å². The fourth-order valence-electron chi connectivity index (χ4n) is 2.23. The van der Waals surface area contributed by atoms with E-state index in [1.165, 1.54) is 6.21 Å². The maximum atomic E-state index is 12.1. The molecule has 3 rings (SSSR count). The molecule has 5 nitrogen and oxygen atoms in total. The van der Waals surface area contributed by atoms with Gasteiger partial charge in [0.25, 0.3) is 5.91 Å². The van der Waals surface area contributed by atoms with Gasteiger partial charge in [-0.2, -0.15) is 5.10 Å². The molecular weight excluding hydrogens is 444 g/mol. The molecule has 0 bridgehead atoms. The summed E-state index contributed by atoms with van der Waals surface area (Å²) in [6, 6.07) is 20.2. The van der Waals surface area contributed by atoms with Gasteiger partial charge in [0.2, 0.25) is 0 Å². The molecule has 140 valence electrons. The smallest absolute Gasteiger partial charge is 0.343 e. The van der Waals surface area contributed by atoms with E-state index in [0.717, 1.165) is 10.0 Å². The summed E-state index contributed by atoms with van der Waals surface area (Å²) in [6.07, 6.45) is 1.49. The van der Waals surface area contributed by atoms with Crippen molar-refractivity contribution in [3.63, 3.8) is 0 Å². The Bertz CT molecular complexity index is 1020. The first-order valence-corrected chi connectivity index (χ1v) is 9.35. The summed E-state index contributed by atoms with van der Waals surface area (Å²) in [5.74, 6) is -0.377. The lowest BCUT2D eigenvalue weighted by atomic mass is 10.2. The van der Waals surface area contributed by atoms with Gasteiger partial charge in [-0.1, -0.05) is 33.6 Å². The molecule has 0 saturated heterocycles. The zero-order valence-corrected chi connectivity index (χ0v) is 16.8. The van der Waals surface area contributed by atoms with Crippen LogP contribution >= 0.6 is 27.5 Å². The van der Waals surface area contributed by atoms with Gasteiger partial charge >= 0.3 is 5.97 Å². The summed E-state index contributed by atoms with van der Waals surface area (Å²) >= 11 is 9.11. The highest BCUT2D eigenvalue weighted by atomic mass is 79.9. The highest BCUT2D eigenvalue weighted by Crippen LogP contribution is 2.16. The van der Waals surface area contributed by atoms with Gasteiger partial charge in [-0.15, -0.1) is 0 Å². The minimum atomic E-state index is -0.446. The number of esters is 1. The summed E-state index contributed by atoms with van der Waals surface area (Å²) < 4.78 is 6.14. The summed E-state index contributed by atoms with van der Waals surface area (Å²) in [5.41, 5.74) is 4.08. The lowest BCUT2D eigenvalue weighted by Gasteiger charge is -2.05. The van der Waals surface area contributed by atoms with E-state index >= 15 is 0 Å². The van der Waals surface area contributed by atoms with Gasteiger partial charge in [-0.3, -0.25) is 4.79 Å². The van der Waals surface area contributed by atoms with E-state index in [2.05, 4.69) is 26.5 Å². The number of amides is 1. The molecule has 0 radical (unpaired) electrons. The molecule has 1 N–H and O–H groups in total. The molecule has 0 spiro atoms. The van der Waals surface area contributed by atoms with Gasteiger partial charge in [0.15, 0.2) is 0 Å². The highest BCUT2D eigenvalue weighted by molar-refractivity contribution is 9.10. The Morgan fingerprint density at radius 3 is 2.36 bits per heavy atom. The van der Waals surface area contributed by atoms with Crippen molar-refractivity contribution in [2.24, 2.45) is 5.10 Å². The fourth-order valence-corrected chi connectivity index (χ4v) is 2.76. The third-order valence-corrected chi connectivity index (χ3v) is 4.38. The number of hydrogen-bond donors (Lipinski definition) is 1. The molecule has 3 aromatic carbocycles. The number of ether oxygens (including phenoxy) is 1. The quantitative estimate of drug-likeness (QED) is 0.251. The zero-order chi connectivity index (χ0) is 19.9. The lowest BCUT2D eigenvalue weighted by Crippen LogP contribution is -2.17. The molecule has 0 heterocycles. The zero-order valence-electron chi connectivity index (χ0n) is 14.4. The first kappa shape index (κ1) is 19.8. The van der Waals surface area contributed by atoms with E-state index in [1.54, 1.807) is 66.7 Å². The third-order valence-electron chi connectivity index (χ3n) is 3.64. The molecule has 0 aromatic heterocycles. The predicted octanol–water partition coefficient (Wildman–Crippen LogP) is 5.09. The van der Waals surface area contributed by atoms with Gasteiger partial charge < -0.3 is 4.74 Å². The Kier molecular flexibility index (Phi) is 6.57. The van der Waals surface area contributed by atoms with E-state index in [4.69, 9.17) is 16.3 Å². The number of benzene rings is 3. The topological polar surface area (TPSA) is 67.8 Å². The highest BCUT2D eigenvalue weighted by Gasteiger charge is 2.08. The van der Waals surface area contributed by atoms with Gasteiger partial charge in [0.05, 0.1) is 11.8 Å². The number of halogens is 2. The van der Waals surface area contributed by atoms with Crippen molar-refractivity contribution in [3.05, 3.63) is 99.0 Å². The first-order valence-electron chi connectivity index (χ1n) is 8.18. The van der Waals surface area contributed by atoms with E-state index in [9.17, 15) is 9.59 Å². The molecule has 3 aromatic rings. The van der Waals surface area contributed by atoms with Crippen LogP contribution in [0.4, 0.5) is 0 Å². The number of carbonyl (C=O) groups excluding carboxylic acids is 2. The van der Waals surface area contributed by atoms with Crippen LogP contribution in [-0.4, -0.2) is 18.1 Å². The average Bonchev–Trinajstić information content (AvgIpc) is 2.69. The van der Waals surface area contributed by atoms with E-state index < -0.39 is 5.97 Å². The molecule has 0 aliphatic rings. The van der Waals surface area contributed by atoms with E-state index in [0.29, 0.717) is 21.9 Å². The van der Waals surface area contributed by atoms with Crippen molar-refractivity contribution >= 4 is 45.6 Å². The van der Waals surface area contributed by atoms with Gasteiger partial charge in [0.1, 0.15) is 5.75 Å². The maximum absolute atomic E-state index is 12.1. The molecule has 0 atom stereocenters. The van der Waals surface area contributed by atoms with Crippen LogP contribution in [0.15, 0.2) is 82.4 Å². The molecule has 7 heteroatoms. The first-order chi connectivity index (χ1) is 13.5. The second kappa shape index (κ2) is 9.30. The molecule has 0 aliphatic carbocycles. The minimum absolute atomic E-state index is 0.340. The Morgan fingerprint density at radius 1 is 0.964 bits per heavy atom. The molecular formula is C21H14BrClN2O3. The van der Waals surface area contributed by atoms with Crippen molar-refractivity contribution < 1.29 is 14.3 Å². The van der Waals surface area contributed by atoms with Crippen LogP contribution in [0.1, 0.15) is 26.3 Å². The number of hydrazone groups is 1. The Hall–Kier alpha value is -2.96. The Morgan fingerprint density at radius 2 is 1.68 bits per heavy atom. The lowest BCUT2D eigenvalue weighted by molar-refractivity contribution is 0.0734. The number of hydrogen-bond acceptors (Lipinski definition) is 4. The summed E-state index contributed by atoms with van der Waals surface area (Å²) in [6.45, 7) is 0. The van der Waals surface area contributed by atoms with Crippen LogP contribution in [0.25, 0.3) is 0 Å². The van der Waals surface area contributed by atoms with Gasteiger partial charge in [0, 0.05) is 15.1 Å². The molecule has 0 aliphatic heterocycles. The average molecular weight is 458 g/mol. The molecule has 28 heavy (non-hydrogen) atoms. The monoisotopic (exact) mass is 456 g/mol. The molecule has 0 saturated carbocycles. The Balaban J connectivity index is 1.56. The fraction of sp³-hybridized carbons (Fsp3) is 0. The second-order valence-electron chi connectivity index (χ2n) is 5.67. The minimum Gasteiger partial charge on any atom is -0.423 e. The molecule has 1 amide bonds. The third kappa shape index (κ3) is 5.52. The molecule has 0 unspecified atom stereocenters.